The number of rotatable bonds is 50. The molecule has 0 radical (unpaired) electrons. The van der Waals surface area contributed by atoms with Crippen LogP contribution in [0.3, 0.4) is 0 Å². The van der Waals surface area contributed by atoms with Gasteiger partial charge in [-0.05, 0) is 83.5 Å². The molecule has 61 heavy (non-hydrogen) atoms. The van der Waals surface area contributed by atoms with E-state index in [1.54, 1.807) is 0 Å². The number of carbonyl (C=O) groups is 3. The molecule has 0 heterocycles. The molecule has 0 saturated carbocycles. The van der Waals surface area contributed by atoms with Crippen molar-refractivity contribution in [3.8, 4) is 0 Å². The monoisotopic (exact) mass is 865 g/mol. The summed E-state index contributed by atoms with van der Waals surface area (Å²) in [6, 6.07) is 0. The maximum atomic E-state index is 12.8. The quantitative estimate of drug-likeness (QED) is 0.0463. The van der Waals surface area contributed by atoms with E-state index < -0.39 is 5.97 Å². The van der Waals surface area contributed by atoms with E-state index in [9.17, 15) is 19.5 Å². The SMILES string of the molecule is CCCCCCC(O)CCCCCCCCCCC(=O)OC(CCCCCC)CCCCCCCCCCC(=O)OC(CCCCCC)CCCCCCCCCCC(=O)O. The van der Waals surface area contributed by atoms with Crippen LogP contribution in [-0.2, 0) is 23.9 Å². The molecule has 0 amide bonds. The van der Waals surface area contributed by atoms with E-state index in [4.69, 9.17) is 14.6 Å². The zero-order chi connectivity index (χ0) is 44.7. The predicted octanol–water partition coefficient (Wildman–Crippen LogP) is 16.9. The molecule has 362 valence electrons. The lowest BCUT2D eigenvalue weighted by atomic mass is 10.0. The second-order valence-corrected chi connectivity index (χ2v) is 18.9. The third-order valence-electron chi connectivity index (χ3n) is 12.7. The van der Waals surface area contributed by atoms with Crippen molar-refractivity contribution in [2.24, 2.45) is 0 Å². The van der Waals surface area contributed by atoms with Crippen LogP contribution >= 0.6 is 0 Å². The van der Waals surface area contributed by atoms with E-state index in [0.29, 0.717) is 12.8 Å². The van der Waals surface area contributed by atoms with Crippen LogP contribution in [0.25, 0.3) is 0 Å². The van der Waals surface area contributed by atoms with Crippen LogP contribution in [0.5, 0.6) is 0 Å². The lowest BCUT2D eigenvalue weighted by molar-refractivity contribution is -0.151. The molecule has 2 N–H and O–H groups in total. The second-order valence-electron chi connectivity index (χ2n) is 18.9. The minimum absolute atomic E-state index is 0.00565. The van der Waals surface area contributed by atoms with Gasteiger partial charge in [-0.15, -0.1) is 0 Å². The standard InChI is InChI=1S/C54H104O7/c1-4-7-10-31-40-49(55)41-32-25-19-13-17-23-29-38-47-53(58)61-51(43-34-12-9-6-3)45-36-27-21-15-18-24-30-39-48-54(59)60-50(42-33-11-8-5-2)44-35-26-20-14-16-22-28-37-46-52(56)57/h49-51,55H,4-48H2,1-3H3,(H,56,57). The van der Waals surface area contributed by atoms with Gasteiger partial charge in [-0.25, -0.2) is 0 Å². The highest BCUT2D eigenvalue weighted by Gasteiger charge is 2.16. The number of aliphatic hydroxyl groups is 1. The smallest absolute Gasteiger partial charge is 0.306 e. The van der Waals surface area contributed by atoms with Gasteiger partial charge in [-0.2, -0.15) is 0 Å². The Bertz CT molecular complexity index is 938. The number of aliphatic carboxylic acids is 1. The number of aliphatic hydroxyl groups excluding tert-OH is 1. The van der Waals surface area contributed by atoms with Gasteiger partial charge < -0.3 is 19.7 Å². The van der Waals surface area contributed by atoms with Gasteiger partial charge in [0, 0.05) is 19.3 Å². The Morgan fingerprint density at radius 2 is 0.557 bits per heavy atom. The molecule has 0 aliphatic heterocycles. The van der Waals surface area contributed by atoms with Crippen LogP contribution < -0.4 is 0 Å². The fourth-order valence-electron chi connectivity index (χ4n) is 8.68. The first kappa shape index (κ1) is 59.4. The Hall–Kier alpha value is -1.63. The molecule has 0 aromatic rings. The Balaban J connectivity index is 4.10. The molecule has 0 saturated heterocycles. The zero-order valence-electron chi connectivity index (χ0n) is 41.0. The van der Waals surface area contributed by atoms with E-state index in [2.05, 4.69) is 20.8 Å². The fourth-order valence-corrected chi connectivity index (χ4v) is 8.68. The minimum Gasteiger partial charge on any atom is -0.481 e. The predicted molar refractivity (Wildman–Crippen MR) is 258 cm³/mol. The van der Waals surface area contributed by atoms with Crippen molar-refractivity contribution in [3.63, 3.8) is 0 Å². The van der Waals surface area contributed by atoms with E-state index in [1.807, 2.05) is 0 Å². The number of hydrogen-bond acceptors (Lipinski definition) is 6. The molecule has 0 spiro atoms. The molecule has 7 heteroatoms. The number of esters is 2. The third-order valence-corrected chi connectivity index (χ3v) is 12.7. The lowest BCUT2D eigenvalue weighted by Crippen LogP contribution is -2.18. The fraction of sp³-hybridized carbons (Fsp3) is 0.944. The Kier molecular flexibility index (Phi) is 46.6. The molecule has 0 bridgehead atoms. The van der Waals surface area contributed by atoms with Crippen LogP contribution in [0.1, 0.15) is 310 Å². The Morgan fingerprint density at radius 1 is 0.328 bits per heavy atom. The van der Waals surface area contributed by atoms with Crippen molar-refractivity contribution in [1.82, 2.24) is 0 Å². The van der Waals surface area contributed by atoms with Crippen molar-refractivity contribution in [2.45, 2.75) is 328 Å². The van der Waals surface area contributed by atoms with E-state index >= 15 is 0 Å². The van der Waals surface area contributed by atoms with Gasteiger partial charge >= 0.3 is 17.9 Å². The topological polar surface area (TPSA) is 110 Å². The molecule has 0 aromatic heterocycles. The summed E-state index contributed by atoms with van der Waals surface area (Å²) in [6.45, 7) is 6.70. The van der Waals surface area contributed by atoms with E-state index in [0.717, 1.165) is 116 Å². The van der Waals surface area contributed by atoms with E-state index in [-0.39, 0.29) is 36.7 Å². The molecule has 0 aliphatic rings. The van der Waals surface area contributed by atoms with Gasteiger partial charge in [0.05, 0.1) is 6.10 Å². The number of hydrogen-bond donors (Lipinski definition) is 2. The molecule has 0 aromatic carbocycles. The maximum Gasteiger partial charge on any atom is 0.306 e. The molecular formula is C54H104O7. The Labute approximate surface area is 378 Å². The summed E-state index contributed by atoms with van der Waals surface area (Å²) in [4.78, 5) is 36.2. The zero-order valence-corrected chi connectivity index (χ0v) is 41.0. The van der Waals surface area contributed by atoms with Gasteiger partial charge in [-0.1, -0.05) is 207 Å². The summed E-state index contributed by atoms with van der Waals surface area (Å²) in [5.41, 5.74) is 0. The first-order valence-corrected chi connectivity index (χ1v) is 27.1. The van der Waals surface area contributed by atoms with Crippen LogP contribution in [-0.4, -0.2) is 46.4 Å². The van der Waals surface area contributed by atoms with Crippen molar-refractivity contribution in [3.05, 3.63) is 0 Å². The van der Waals surface area contributed by atoms with Crippen molar-refractivity contribution < 1.29 is 34.1 Å². The number of carbonyl (C=O) groups excluding carboxylic acids is 2. The number of unbranched alkanes of at least 4 members (excludes halogenated alkanes) is 30. The molecule has 3 unspecified atom stereocenters. The first-order chi connectivity index (χ1) is 29.8. The normalized spacial score (nSPS) is 13.0. The van der Waals surface area contributed by atoms with Crippen molar-refractivity contribution >= 4 is 17.9 Å². The summed E-state index contributed by atoms with van der Waals surface area (Å²) < 4.78 is 12.1. The minimum atomic E-state index is -0.691. The molecular weight excluding hydrogens is 761 g/mol. The van der Waals surface area contributed by atoms with Crippen molar-refractivity contribution in [1.29, 1.82) is 0 Å². The molecule has 7 nitrogen and oxygen atoms in total. The Morgan fingerprint density at radius 3 is 0.836 bits per heavy atom. The highest BCUT2D eigenvalue weighted by atomic mass is 16.5. The average Bonchev–Trinajstić information content (AvgIpc) is 3.24. The lowest BCUT2D eigenvalue weighted by Gasteiger charge is -2.18. The summed E-state index contributed by atoms with van der Waals surface area (Å²) in [5, 5.41) is 18.9. The second kappa shape index (κ2) is 47.8. The summed E-state index contributed by atoms with van der Waals surface area (Å²) in [5.74, 6) is -0.694. The van der Waals surface area contributed by atoms with Gasteiger partial charge in [0.15, 0.2) is 0 Å². The average molecular weight is 865 g/mol. The van der Waals surface area contributed by atoms with Gasteiger partial charge in [0.25, 0.3) is 0 Å². The molecule has 0 aliphatic carbocycles. The van der Waals surface area contributed by atoms with Crippen LogP contribution in [0.4, 0.5) is 0 Å². The number of ether oxygens (including phenoxy) is 2. The van der Waals surface area contributed by atoms with Gasteiger partial charge in [0.2, 0.25) is 0 Å². The largest absolute Gasteiger partial charge is 0.481 e. The summed E-state index contributed by atoms with van der Waals surface area (Å²) >= 11 is 0. The maximum absolute atomic E-state index is 12.8. The van der Waals surface area contributed by atoms with Crippen molar-refractivity contribution in [2.75, 3.05) is 0 Å². The highest BCUT2D eigenvalue weighted by molar-refractivity contribution is 5.69. The summed E-state index contributed by atoms with van der Waals surface area (Å²) in [7, 11) is 0. The van der Waals surface area contributed by atoms with Crippen LogP contribution in [0.15, 0.2) is 0 Å². The van der Waals surface area contributed by atoms with Gasteiger partial charge in [-0.3, -0.25) is 14.4 Å². The molecule has 0 fully saturated rings. The number of carboxylic acid groups (broad SMARTS) is 1. The number of carboxylic acids is 1. The van der Waals surface area contributed by atoms with Gasteiger partial charge in [0.1, 0.15) is 12.2 Å². The van der Waals surface area contributed by atoms with Crippen LogP contribution in [0, 0.1) is 0 Å². The van der Waals surface area contributed by atoms with Crippen LogP contribution in [0.2, 0.25) is 0 Å². The third kappa shape index (κ3) is 46.2. The first-order valence-electron chi connectivity index (χ1n) is 27.1. The molecule has 3 atom stereocenters. The molecule has 0 rings (SSSR count). The highest BCUT2D eigenvalue weighted by Crippen LogP contribution is 2.21. The summed E-state index contributed by atoms with van der Waals surface area (Å²) in [6.07, 6.45) is 49.4. The van der Waals surface area contributed by atoms with E-state index in [1.165, 1.54) is 154 Å².